The third-order valence-electron chi connectivity index (χ3n) is 2.81. The molecule has 0 heterocycles. The van der Waals surface area contributed by atoms with E-state index >= 15 is 0 Å². The summed E-state index contributed by atoms with van der Waals surface area (Å²) in [5.41, 5.74) is 2.59. The van der Waals surface area contributed by atoms with Crippen LogP contribution in [0.1, 0.15) is 45.7 Å². The summed E-state index contributed by atoms with van der Waals surface area (Å²) in [5, 5.41) is 2.91. The molecule has 0 saturated carbocycles. The van der Waals surface area contributed by atoms with Gasteiger partial charge in [-0.1, -0.05) is 61.0 Å². The van der Waals surface area contributed by atoms with E-state index in [1.807, 2.05) is 13.8 Å². The highest BCUT2D eigenvalue weighted by molar-refractivity contribution is 9.10. The van der Waals surface area contributed by atoms with Crippen LogP contribution in [0.2, 0.25) is 0 Å². The lowest BCUT2D eigenvalue weighted by atomic mass is 9.87. The Hall–Kier alpha value is -0.830. The molecule has 0 unspecified atom stereocenters. The standard InChI is InChI=1S/C15H22BrNO/c1-14(2,3)12-8-6-11(7-9-12)10-17-13(18)15(4,5)16/h6-9H,10H2,1-5H3,(H,17,18). The molecule has 1 aromatic rings. The van der Waals surface area contributed by atoms with Gasteiger partial charge in [0.25, 0.3) is 0 Å². The molecule has 0 radical (unpaired) electrons. The van der Waals surface area contributed by atoms with E-state index < -0.39 is 4.32 Å². The van der Waals surface area contributed by atoms with Gasteiger partial charge >= 0.3 is 0 Å². The number of nitrogens with one attached hydrogen (secondary N) is 1. The van der Waals surface area contributed by atoms with Crippen molar-refractivity contribution in [3.05, 3.63) is 35.4 Å². The van der Waals surface area contributed by atoms with Gasteiger partial charge in [-0.15, -0.1) is 0 Å². The van der Waals surface area contributed by atoms with Crippen LogP contribution in [-0.2, 0) is 16.8 Å². The molecule has 0 aliphatic carbocycles. The summed E-state index contributed by atoms with van der Waals surface area (Å²) in [6, 6.07) is 8.39. The molecule has 0 bridgehead atoms. The van der Waals surface area contributed by atoms with Crippen molar-refractivity contribution in [2.24, 2.45) is 0 Å². The summed E-state index contributed by atoms with van der Waals surface area (Å²) in [7, 11) is 0. The topological polar surface area (TPSA) is 29.1 Å². The third-order valence-corrected chi connectivity index (χ3v) is 3.17. The Kier molecular flexibility index (Phi) is 4.60. The van der Waals surface area contributed by atoms with Crippen molar-refractivity contribution in [3.8, 4) is 0 Å². The molecule has 18 heavy (non-hydrogen) atoms. The average molecular weight is 312 g/mol. The predicted octanol–water partition coefficient (Wildman–Crippen LogP) is 3.77. The van der Waals surface area contributed by atoms with Crippen molar-refractivity contribution in [2.45, 2.75) is 50.9 Å². The zero-order valence-corrected chi connectivity index (χ0v) is 13.4. The second-order valence-corrected chi connectivity index (χ2v) is 8.08. The maximum absolute atomic E-state index is 11.7. The Balaban J connectivity index is 2.63. The number of carbonyl (C=O) groups is 1. The number of amides is 1. The van der Waals surface area contributed by atoms with E-state index in [1.165, 1.54) is 5.56 Å². The molecular weight excluding hydrogens is 290 g/mol. The Morgan fingerprint density at radius 2 is 1.61 bits per heavy atom. The highest BCUT2D eigenvalue weighted by atomic mass is 79.9. The first-order valence-electron chi connectivity index (χ1n) is 6.17. The molecule has 1 aromatic carbocycles. The van der Waals surface area contributed by atoms with E-state index in [0.29, 0.717) is 6.54 Å². The molecule has 1 amide bonds. The molecule has 1 N–H and O–H groups in total. The summed E-state index contributed by atoms with van der Waals surface area (Å²) in [4.78, 5) is 11.7. The maximum Gasteiger partial charge on any atom is 0.236 e. The normalized spacial score (nSPS) is 12.3. The van der Waals surface area contributed by atoms with E-state index in [2.05, 4.69) is 66.3 Å². The first kappa shape index (κ1) is 15.2. The molecule has 0 aliphatic heterocycles. The van der Waals surface area contributed by atoms with Gasteiger partial charge in [-0.25, -0.2) is 0 Å². The van der Waals surface area contributed by atoms with E-state index in [1.54, 1.807) is 0 Å². The van der Waals surface area contributed by atoms with Crippen LogP contribution < -0.4 is 5.32 Å². The summed E-state index contributed by atoms with van der Waals surface area (Å²) in [6.45, 7) is 10.8. The third kappa shape index (κ3) is 4.45. The minimum absolute atomic E-state index is 0.00222. The summed E-state index contributed by atoms with van der Waals surface area (Å²) < 4.78 is -0.516. The van der Waals surface area contributed by atoms with Crippen LogP contribution in [0.4, 0.5) is 0 Å². The molecular formula is C15H22BrNO. The van der Waals surface area contributed by atoms with Gasteiger partial charge in [0.1, 0.15) is 0 Å². The SMILES string of the molecule is CC(C)(Br)C(=O)NCc1ccc(C(C)(C)C)cc1. The molecule has 0 fully saturated rings. The van der Waals surface area contributed by atoms with Crippen molar-refractivity contribution in [1.82, 2.24) is 5.32 Å². The van der Waals surface area contributed by atoms with Crippen molar-refractivity contribution in [1.29, 1.82) is 0 Å². The fraction of sp³-hybridized carbons (Fsp3) is 0.533. The average Bonchev–Trinajstić information content (AvgIpc) is 2.24. The zero-order chi connectivity index (χ0) is 14.0. The minimum Gasteiger partial charge on any atom is -0.351 e. The fourth-order valence-corrected chi connectivity index (χ4v) is 1.66. The van der Waals surface area contributed by atoms with Crippen LogP contribution >= 0.6 is 15.9 Å². The Labute approximate surface area is 118 Å². The van der Waals surface area contributed by atoms with Crippen LogP contribution in [-0.4, -0.2) is 10.2 Å². The molecule has 0 aliphatic rings. The summed E-state index contributed by atoms with van der Waals surface area (Å²) >= 11 is 3.34. The molecule has 2 nitrogen and oxygen atoms in total. The number of halogens is 1. The number of alkyl halides is 1. The second kappa shape index (κ2) is 5.43. The van der Waals surface area contributed by atoms with Crippen LogP contribution in [0.3, 0.4) is 0 Å². The van der Waals surface area contributed by atoms with Gasteiger partial charge in [0, 0.05) is 6.54 Å². The van der Waals surface area contributed by atoms with Gasteiger partial charge in [-0.2, -0.15) is 0 Å². The van der Waals surface area contributed by atoms with Crippen molar-refractivity contribution in [3.63, 3.8) is 0 Å². The molecule has 0 spiro atoms. The van der Waals surface area contributed by atoms with E-state index in [0.717, 1.165) is 5.56 Å². The van der Waals surface area contributed by atoms with Crippen molar-refractivity contribution < 1.29 is 4.79 Å². The predicted molar refractivity (Wildman–Crippen MR) is 80.0 cm³/mol. The van der Waals surface area contributed by atoms with Crippen LogP contribution in [0.25, 0.3) is 0 Å². The Morgan fingerprint density at radius 1 is 1.11 bits per heavy atom. The quantitative estimate of drug-likeness (QED) is 0.846. The van der Waals surface area contributed by atoms with Crippen molar-refractivity contribution >= 4 is 21.8 Å². The highest BCUT2D eigenvalue weighted by Crippen LogP contribution is 2.22. The van der Waals surface area contributed by atoms with E-state index in [4.69, 9.17) is 0 Å². The Bertz CT molecular complexity index is 410. The molecule has 1 rings (SSSR count). The van der Waals surface area contributed by atoms with Crippen LogP contribution in [0.15, 0.2) is 24.3 Å². The fourth-order valence-electron chi connectivity index (χ4n) is 1.52. The monoisotopic (exact) mass is 311 g/mol. The molecule has 3 heteroatoms. The first-order valence-corrected chi connectivity index (χ1v) is 6.96. The van der Waals surface area contributed by atoms with Gasteiger partial charge in [-0.05, 0) is 30.4 Å². The Morgan fingerprint density at radius 3 is 2.00 bits per heavy atom. The van der Waals surface area contributed by atoms with Gasteiger partial charge in [0.15, 0.2) is 0 Å². The molecule has 0 atom stereocenters. The van der Waals surface area contributed by atoms with E-state index in [-0.39, 0.29) is 11.3 Å². The smallest absolute Gasteiger partial charge is 0.236 e. The number of rotatable bonds is 3. The molecule has 100 valence electrons. The molecule has 0 aromatic heterocycles. The minimum atomic E-state index is -0.516. The number of hydrogen-bond donors (Lipinski definition) is 1. The van der Waals surface area contributed by atoms with Gasteiger partial charge in [0.2, 0.25) is 5.91 Å². The van der Waals surface area contributed by atoms with Gasteiger partial charge < -0.3 is 5.32 Å². The largest absolute Gasteiger partial charge is 0.351 e. The van der Waals surface area contributed by atoms with Gasteiger partial charge in [0.05, 0.1) is 4.32 Å². The lowest BCUT2D eigenvalue weighted by Crippen LogP contribution is -2.37. The number of hydrogen-bond acceptors (Lipinski definition) is 1. The maximum atomic E-state index is 11.7. The lowest BCUT2D eigenvalue weighted by Gasteiger charge is -2.19. The van der Waals surface area contributed by atoms with Crippen molar-refractivity contribution in [2.75, 3.05) is 0 Å². The van der Waals surface area contributed by atoms with Gasteiger partial charge in [-0.3, -0.25) is 4.79 Å². The number of benzene rings is 1. The lowest BCUT2D eigenvalue weighted by molar-refractivity contribution is -0.122. The first-order chi connectivity index (χ1) is 8.10. The zero-order valence-electron chi connectivity index (χ0n) is 11.8. The summed E-state index contributed by atoms with van der Waals surface area (Å²) in [5.74, 6) is 0.00222. The number of carbonyl (C=O) groups excluding carboxylic acids is 1. The summed E-state index contributed by atoms with van der Waals surface area (Å²) in [6.07, 6.45) is 0. The van der Waals surface area contributed by atoms with Crippen LogP contribution in [0, 0.1) is 0 Å². The second-order valence-electron chi connectivity index (χ2n) is 6.10. The highest BCUT2D eigenvalue weighted by Gasteiger charge is 2.22. The van der Waals surface area contributed by atoms with Crippen LogP contribution in [0.5, 0.6) is 0 Å². The van der Waals surface area contributed by atoms with E-state index in [9.17, 15) is 4.79 Å². The molecule has 0 saturated heterocycles.